The van der Waals surface area contributed by atoms with Crippen molar-refractivity contribution in [3.63, 3.8) is 0 Å². The van der Waals surface area contributed by atoms with Crippen molar-refractivity contribution in [3.8, 4) is 6.07 Å². The number of halogens is 2. The van der Waals surface area contributed by atoms with E-state index in [0.29, 0.717) is 18.7 Å². The van der Waals surface area contributed by atoms with Crippen molar-refractivity contribution in [1.29, 1.82) is 5.26 Å². The molecule has 2 aromatic rings. The molecule has 0 spiro atoms. The van der Waals surface area contributed by atoms with Gasteiger partial charge in [-0.05, 0) is 29.8 Å². The highest BCUT2D eigenvalue weighted by Crippen LogP contribution is 2.20. The predicted octanol–water partition coefficient (Wildman–Crippen LogP) is 3.24. The Bertz CT molecular complexity index is 804. The summed E-state index contributed by atoms with van der Waals surface area (Å²) in [4.78, 5) is 16.5. The monoisotopic (exact) mass is 371 g/mol. The van der Waals surface area contributed by atoms with E-state index in [1.165, 1.54) is 12.1 Å². The third kappa shape index (κ3) is 4.40. The summed E-state index contributed by atoms with van der Waals surface area (Å²) in [5.74, 6) is -0.541. The largest absolute Gasteiger partial charge is 0.340 e. The fourth-order valence-corrected chi connectivity index (χ4v) is 3.29. The minimum absolute atomic E-state index is 0.0128. The first-order valence-electron chi connectivity index (χ1n) is 8.49. The van der Waals surface area contributed by atoms with Crippen molar-refractivity contribution in [2.75, 3.05) is 26.2 Å². The second kappa shape index (κ2) is 8.31. The highest BCUT2D eigenvalue weighted by atomic mass is 35.5. The van der Waals surface area contributed by atoms with Crippen LogP contribution in [0.2, 0.25) is 5.02 Å². The molecule has 1 heterocycles. The Morgan fingerprint density at radius 3 is 2.42 bits per heavy atom. The summed E-state index contributed by atoms with van der Waals surface area (Å²) in [6, 6.07) is 14.1. The van der Waals surface area contributed by atoms with Crippen LogP contribution in [0.4, 0.5) is 4.39 Å². The summed E-state index contributed by atoms with van der Waals surface area (Å²) >= 11 is 6.01. The maximum absolute atomic E-state index is 13.9. The first kappa shape index (κ1) is 18.4. The van der Waals surface area contributed by atoms with E-state index in [1.54, 1.807) is 11.0 Å². The molecule has 1 amide bonds. The number of hydrogen-bond acceptors (Lipinski definition) is 3. The minimum Gasteiger partial charge on any atom is -0.340 e. The number of piperazine rings is 1. The number of nitrogens with zero attached hydrogens (tertiary/aromatic N) is 3. The van der Waals surface area contributed by atoms with Gasteiger partial charge in [0.05, 0.1) is 18.1 Å². The highest BCUT2D eigenvalue weighted by Gasteiger charge is 2.22. The predicted molar refractivity (Wildman–Crippen MR) is 98.1 cm³/mol. The summed E-state index contributed by atoms with van der Waals surface area (Å²) < 4.78 is 13.9. The second-order valence-corrected chi connectivity index (χ2v) is 6.75. The molecule has 1 aliphatic heterocycles. The molecule has 0 aliphatic carbocycles. The van der Waals surface area contributed by atoms with Crippen molar-refractivity contribution in [1.82, 2.24) is 9.80 Å². The van der Waals surface area contributed by atoms with Crippen molar-refractivity contribution in [2.24, 2.45) is 0 Å². The third-order valence-electron chi connectivity index (χ3n) is 4.60. The van der Waals surface area contributed by atoms with Crippen LogP contribution >= 0.6 is 11.6 Å². The minimum atomic E-state index is -0.440. The molecule has 3 rings (SSSR count). The Balaban J connectivity index is 1.53. The van der Waals surface area contributed by atoms with Gasteiger partial charge < -0.3 is 4.90 Å². The molecular weight excluding hydrogens is 353 g/mol. The van der Waals surface area contributed by atoms with Gasteiger partial charge >= 0.3 is 0 Å². The van der Waals surface area contributed by atoms with Crippen LogP contribution in [0.3, 0.4) is 0 Å². The van der Waals surface area contributed by atoms with Crippen molar-refractivity contribution >= 4 is 17.5 Å². The zero-order valence-electron chi connectivity index (χ0n) is 14.3. The molecule has 0 atom stereocenters. The van der Waals surface area contributed by atoms with E-state index in [2.05, 4.69) is 11.0 Å². The molecule has 26 heavy (non-hydrogen) atoms. The Morgan fingerprint density at radius 2 is 1.81 bits per heavy atom. The van der Waals surface area contributed by atoms with Crippen LogP contribution in [0.25, 0.3) is 0 Å². The molecule has 6 heteroatoms. The van der Waals surface area contributed by atoms with Crippen molar-refractivity contribution in [2.45, 2.75) is 13.0 Å². The van der Waals surface area contributed by atoms with Gasteiger partial charge in [0.25, 0.3) is 0 Å². The number of amides is 1. The number of rotatable bonds is 4. The van der Waals surface area contributed by atoms with E-state index >= 15 is 0 Å². The first-order valence-corrected chi connectivity index (χ1v) is 8.86. The summed E-state index contributed by atoms with van der Waals surface area (Å²) in [5.41, 5.74) is 2.05. The van der Waals surface area contributed by atoms with Crippen LogP contribution in [0.15, 0.2) is 42.5 Å². The smallest absolute Gasteiger partial charge is 0.227 e. The quantitative estimate of drug-likeness (QED) is 0.829. The zero-order valence-corrected chi connectivity index (χ0v) is 15.0. The first-order chi connectivity index (χ1) is 12.6. The molecule has 2 aromatic carbocycles. The van der Waals surface area contributed by atoms with Gasteiger partial charge in [0, 0.05) is 43.3 Å². The van der Waals surface area contributed by atoms with Gasteiger partial charge in [-0.25, -0.2) is 4.39 Å². The standard InChI is InChI=1S/C20H19ClFN3O/c21-18-2-1-3-19(22)17(18)12-20(26)25-10-8-24(9-11-25)14-16-6-4-15(13-23)5-7-16/h1-7H,8-12,14H2. The number of benzene rings is 2. The summed E-state index contributed by atoms with van der Waals surface area (Å²) in [6.07, 6.45) is -0.0128. The molecule has 4 nitrogen and oxygen atoms in total. The molecule has 0 bridgehead atoms. The molecule has 0 saturated carbocycles. The molecule has 0 unspecified atom stereocenters. The molecule has 0 aromatic heterocycles. The molecule has 134 valence electrons. The van der Waals surface area contributed by atoms with Crippen LogP contribution < -0.4 is 0 Å². The van der Waals surface area contributed by atoms with Gasteiger partial charge in [-0.3, -0.25) is 9.69 Å². The van der Waals surface area contributed by atoms with Gasteiger partial charge in [-0.2, -0.15) is 5.26 Å². The summed E-state index contributed by atoms with van der Waals surface area (Å²) in [5, 5.41) is 9.13. The fraction of sp³-hybridized carbons (Fsp3) is 0.300. The zero-order chi connectivity index (χ0) is 18.5. The van der Waals surface area contributed by atoms with Gasteiger partial charge in [-0.1, -0.05) is 29.8 Å². The average Bonchev–Trinajstić information content (AvgIpc) is 2.66. The Labute approximate surface area is 157 Å². The molecule has 1 fully saturated rings. The lowest BCUT2D eigenvalue weighted by Crippen LogP contribution is -2.48. The van der Waals surface area contributed by atoms with Crippen LogP contribution in [0.5, 0.6) is 0 Å². The van der Waals surface area contributed by atoms with E-state index in [9.17, 15) is 9.18 Å². The summed E-state index contributed by atoms with van der Waals surface area (Å²) in [7, 11) is 0. The van der Waals surface area contributed by atoms with E-state index in [4.69, 9.17) is 16.9 Å². The molecule has 1 saturated heterocycles. The van der Waals surface area contributed by atoms with Gasteiger partial charge in [-0.15, -0.1) is 0 Å². The third-order valence-corrected chi connectivity index (χ3v) is 4.96. The SMILES string of the molecule is N#Cc1ccc(CN2CCN(C(=O)Cc3c(F)cccc3Cl)CC2)cc1. The van der Waals surface area contributed by atoms with E-state index < -0.39 is 5.82 Å². The number of carbonyl (C=O) groups excluding carboxylic acids is 1. The molecular formula is C20H19ClFN3O. The van der Waals surface area contributed by atoms with Crippen LogP contribution in [-0.4, -0.2) is 41.9 Å². The lowest BCUT2D eigenvalue weighted by Gasteiger charge is -2.35. The lowest BCUT2D eigenvalue weighted by atomic mass is 10.1. The average molecular weight is 372 g/mol. The van der Waals surface area contributed by atoms with E-state index in [0.717, 1.165) is 25.2 Å². The number of hydrogen-bond donors (Lipinski definition) is 0. The highest BCUT2D eigenvalue weighted by molar-refractivity contribution is 6.31. The Hall–Kier alpha value is -2.42. The van der Waals surface area contributed by atoms with Crippen LogP contribution in [0, 0.1) is 17.1 Å². The number of nitriles is 1. The van der Waals surface area contributed by atoms with Crippen LogP contribution in [0.1, 0.15) is 16.7 Å². The second-order valence-electron chi connectivity index (χ2n) is 6.34. The fourth-order valence-electron chi connectivity index (χ4n) is 3.06. The van der Waals surface area contributed by atoms with E-state index in [1.807, 2.05) is 24.3 Å². The molecule has 0 N–H and O–H groups in total. The molecule has 1 aliphatic rings. The van der Waals surface area contributed by atoms with Gasteiger partial charge in [0.2, 0.25) is 5.91 Å². The van der Waals surface area contributed by atoms with Gasteiger partial charge in [0.1, 0.15) is 5.82 Å². The number of carbonyl (C=O) groups is 1. The Kier molecular flexibility index (Phi) is 5.87. The van der Waals surface area contributed by atoms with Crippen molar-refractivity contribution < 1.29 is 9.18 Å². The maximum Gasteiger partial charge on any atom is 0.227 e. The van der Waals surface area contributed by atoms with E-state index in [-0.39, 0.29) is 22.9 Å². The normalized spacial score (nSPS) is 14.9. The van der Waals surface area contributed by atoms with Gasteiger partial charge in [0.15, 0.2) is 0 Å². The maximum atomic E-state index is 13.9. The topological polar surface area (TPSA) is 47.3 Å². The lowest BCUT2D eigenvalue weighted by molar-refractivity contribution is -0.132. The van der Waals surface area contributed by atoms with Crippen molar-refractivity contribution in [3.05, 3.63) is 70.0 Å². The Morgan fingerprint density at radius 1 is 1.12 bits per heavy atom. The van der Waals surface area contributed by atoms with Crippen LogP contribution in [-0.2, 0) is 17.8 Å². The summed E-state index contributed by atoms with van der Waals surface area (Å²) in [6.45, 7) is 3.53. The molecule has 0 radical (unpaired) electrons.